The predicted octanol–water partition coefficient (Wildman–Crippen LogP) is 3.07. The highest BCUT2D eigenvalue weighted by Crippen LogP contribution is 2.61. The van der Waals surface area contributed by atoms with Gasteiger partial charge in [0.25, 0.3) is 0 Å². The third-order valence-electron chi connectivity index (χ3n) is 8.78. The van der Waals surface area contributed by atoms with E-state index in [2.05, 4.69) is 0 Å². The lowest BCUT2D eigenvalue weighted by Crippen LogP contribution is -2.60. The Morgan fingerprint density at radius 3 is 2.60 bits per heavy atom. The van der Waals surface area contributed by atoms with Gasteiger partial charge in [-0.2, -0.15) is 0 Å². The molecule has 3 rings (SSSR count). The van der Waals surface area contributed by atoms with Crippen LogP contribution in [0.5, 0.6) is 0 Å². The van der Waals surface area contributed by atoms with Crippen LogP contribution in [0.15, 0.2) is 23.8 Å². The highest BCUT2D eigenvalue weighted by molar-refractivity contribution is 6.01. The van der Waals surface area contributed by atoms with E-state index in [1.165, 1.54) is 12.2 Å². The number of aliphatic hydroxyl groups excluding tert-OH is 2. The van der Waals surface area contributed by atoms with E-state index in [1.54, 1.807) is 33.8 Å². The Labute approximate surface area is 178 Å². The van der Waals surface area contributed by atoms with Gasteiger partial charge in [0.2, 0.25) is 0 Å². The number of hydrogen-bond donors (Lipinski definition) is 3. The number of aliphatic hydroxyl groups is 3. The molecule has 0 aliphatic heterocycles. The van der Waals surface area contributed by atoms with Gasteiger partial charge in [0.15, 0.2) is 11.6 Å². The molecule has 3 aliphatic rings. The zero-order chi connectivity index (χ0) is 22.5. The number of alkyl halides is 1. The Balaban J connectivity index is 2.13. The summed E-state index contributed by atoms with van der Waals surface area (Å²) in [5.74, 6) is -1.35. The van der Waals surface area contributed by atoms with Crippen molar-refractivity contribution >= 4 is 11.6 Å². The molecule has 2 saturated carbocycles. The lowest BCUT2D eigenvalue weighted by molar-refractivity contribution is -0.171. The van der Waals surface area contributed by atoms with E-state index < -0.39 is 46.5 Å². The van der Waals surface area contributed by atoms with Gasteiger partial charge in [-0.05, 0) is 69.4 Å². The average molecular weight is 423 g/mol. The number of Topliss-reactive ketones (excluding diaryl/α,β-unsaturated/α-hetero) is 1. The number of ketones is 2. The number of fused-ring (bicyclic) bond motifs is 2. The Kier molecular flexibility index (Phi) is 5.94. The largest absolute Gasteiger partial charge is 0.390 e. The normalized spacial score (nSPS) is 46.7. The summed E-state index contributed by atoms with van der Waals surface area (Å²) in [6, 6.07) is 0. The number of allylic oxidation sites excluding steroid dienone is 4. The number of carbonyl (C=O) groups excluding carboxylic acids is 2. The van der Waals surface area contributed by atoms with Crippen LogP contribution in [0.4, 0.5) is 4.39 Å². The number of halogens is 1. The highest BCUT2D eigenvalue weighted by atomic mass is 19.1. The third kappa shape index (κ3) is 2.98. The quantitative estimate of drug-likeness (QED) is 0.650. The van der Waals surface area contributed by atoms with Crippen molar-refractivity contribution in [3.8, 4) is 0 Å². The summed E-state index contributed by atoms with van der Waals surface area (Å²) in [6.45, 7) is 6.14. The molecule has 168 valence electrons. The van der Waals surface area contributed by atoms with E-state index in [4.69, 9.17) is 0 Å². The molecule has 0 radical (unpaired) electrons. The van der Waals surface area contributed by atoms with Crippen LogP contribution in [-0.2, 0) is 9.59 Å². The summed E-state index contributed by atoms with van der Waals surface area (Å²) in [7, 11) is 0. The lowest BCUT2D eigenvalue weighted by atomic mass is 9.56. The molecular weight excluding hydrogens is 387 g/mol. The van der Waals surface area contributed by atoms with Gasteiger partial charge in [0.05, 0.1) is 6.10 Å². The van der Waals surface area contributed by atoms with Gasteiger partial charge in [0.1, 0.15) is 17.9 Å². The molecule has 7 atom stereocenters. The van der Waals surface area contributed by atoms with Crippen LogP contribution < -0.4 is 0 Å². The fourth-order valence-electron chi connectivity index (χ4n) is 6.72. The van der Waals surface area contributed by atoms with E-state index in [-0.39, 0.29) is 24.5 Å². The van der Waals surface area contributed by atoms with E-state index >= 15 is 4.39 Å². The first kappa shape index (κ1) is 23.3. The number of rotatable bonds is 3. The molecule has 30 heavy (non-hydrogen) atoms. The van der Waals surface area contributed by atoms with Crippen molar-refractivity contribution in [1.82, 2.24) is 0 Å². The molecule has 3 aliphatic carbocycles. The molecule has 2 fully saturated rings. The smallest absolute Gasteiger partial charge is 0.190 e. The van der Waals surface area contributed by atoms with E-state index in [1.807, 2.05) is 0 Å². The van der Waals surface area contributed by atoms with Gasteiger partial charge in [-0.3, -0.25) is 9.59 Å². The van der Waals surface area contributed by atoms with Crippen LogP contribution in [0.25, 0.3) is 0 Å². The minimum Gasteiger partial charge on any atom is -0.390 e. The maximum atomic E-state index is 16.7. The summed E-state index contributed by atoms with van der Waals surface area (Å²) in [6.07, 6.45) is 5.34. The van der Waals surface area contributed by atoms with Gasteiger partial charge in [-0.1, -0.05) is 32.4 Å². The molecule has 0 spiro atoms. The highest BCUT2D eigenvalue weighted by Gasteiger charge is 2.66. The van der Waals surface area contributed by atoms with E-state index in [0.717, 1.165) is 0 Å². The molecule has 0 heterocycles. The van der Waals surface area contributed by atoms with Crippen molar-refractivity contribution in [2.75, 3.05) is 6.61 Å². The second kappa shape index (κ2) is 7.64. The summed E-state index contributed by atoms with van der Waals surface area (Å²) in [5.41, 5.74) is -5.42. The van der Waals surface area contributed by atoms with Crippen LogP contribution in [0.3, 0.4) is 0 Å². The molecule has 0 saturated heterocycles. The van der Waals surface area contributed by atoms with Gasteiger partial charge in [-0.15, -0.1) is 0 Å². The summed E-state index contributed by atoms with van der Waals surface area (Å²) in [4.78, 5) is 24.7. The SMILES string of the molecule is CC[C@]1(F)[C@@H](O)C[C@@]2(C)[C@H](CCCC3=CC(=O)C=C[C@@]31C)C[C@@H](C)[C@]2(O)C(=O)CO. The van der Waals surface area contributed by atoms with Crippen LogP contribution >= 0.6 is 0 Å². The standard InChI is InChI=1S/C24H35FO5/c1-5-23(25)19(28)13-22(4)16(11-15(2)24(22,30)20(29)14-26)7-6-8-17-12-18(27)9-10-21(17,23)3/h9-10,12,15-16,19,26,28,30H,5-8,11,13-14H2,1-4H3/t15-,16-,19+,21+,22+,23+,24+/m1/s1. The molecule has 0 bridgehead atoms. The van der Waals surface area contributed by atoms with Crippen molar-refractivity contribution in [1.29, 1.82) is 0 Å². The molecule has 0 aromatic heterocycles. The van der Waals surface area contributed by atoms with Gasteiger partial charge in [0, 0.05) is 10.8 Å². The van der Waals surface area contributed by atoms with Crippen molar-refractivity contribution in [2.45, 2.75) is 83.6 Å². The van der Waals surface area contributed by atoms with Crippen molar-refractivity contribution in [3.63, 3.8) is 0 Å². The van der Waals surface area contributed by atoms with Crippen molar-refractivity contribution in [3.05, 3.63) is 23.8 Å². The molecule has 0 unspecified atom stereocenters. The maximum Gasteiger partial charge on any atom is 0.190 e. The number of hydrogen-bond acceptors (Lipinski definition) is 5. The zero-order valence-corrected chi connectivity index (χ0v) is 18.4. The second-order valence-electron chi connectivity index (χ2n) is 10.0. The number of carbonyl (C=O) groups is 2. The first-order valence-corrected chi connectivity index (χ1v) is 11.1. The summed E-state index contributed by atoms with van der Waals surface area (Å²) >= 11 is 0. The molecule has 5 nitrogen and oxygen atoms in total. The summed E-state index contributed by atoms with van der Waals surface area (Å²) < 4.78 is 16.7. The molecule has 0 amide bonds. The third-order valence-corrected chi connectivity index (χ3v) is 8.78. The van der Waals surface area contributed by atoms with E-state index in [9.17, 15) is 24.9 Å². The Hall–Kier alpha value is -1.37. The first-order valence-electron chi connectivity index (χ1n) is 11.1. The van der Waals surface area contributed by atoms with Crippen LogP contribution in [0.2, 0.25) is 0 Å². The lowest BCUT2D eigenvalue weighted by Gasteiger charge is -2.51. The van der Waals surface area contributed by atoms with Crippen LogP contribution in [0.1, 0.15) is 66.2 Å². The zero-order valence-electron chi connectivity index (χ0n) is 18.4. The second-order valence-corrected chi connectivity index (χ2v) is 10.0. The minimum absolute atomic E-state index is 0.0171. The summed E-state index contributed by atoms with van der Waals surface area (Å²) in [5, 5.41) is 32.4. The topological polar surface area (TPSA) is 94.8 Å². The Bertz CT molecular complexity index is 790. The fraction of sp³-hybridized carbons (Fsp3) is 0.750. The van der Waals surface area contributed by atoms with Gasteiger partial charge in [-0.25, -0.2) is 4.39 Å². The average Bonchev–Trinajstić information content (AvgIpc) is 2.90. The first-order chi connectivity index (χ1) is 13.9. The van der Waals surface area contributed by atoms with Crippen LogP contribution in [0, 0.1) is 22.7 Å². The Morgan fingerprint density at radius 1 is 1.33 bits per heavy atom. The van der Waals surface area contributed by atoms with Crippen molar-refractivity contribution in [2.24, 2.45) is 22.7 Å². The van der Waals surface area contributed by atoms with Crippen molar-refractivity contribution < 1.29 is 29.3 Å². The monoisotopic (exact) mass is 422 g/mol. The molecule has 6 heteroatoms. The fourth-order valence-corrected chi connectivity index (χ4v) is 6.72. The molecular formula is C24H35FO5. The molecule has 0 aromatic rings. The van der Waals surface area contributed by atoms with E-state index in [0.29, 0.717) is 31.3 Å². The Morgan fingerprint density at radius 2 is 2.00 bits per heavy atom. The minimum atomic E-state index is -2.07. The molecule has 0 aromatic carbocycles. The van der Waals surface area contributed by atoms with Gasteiger partial charge < -0.3 is 15.3 Å². The van der Waals surface area contributed by atoms with Gasteiger partial charge >= 0.3 is 0 Å². The maximum absolute atomic E-state index is 16.7. The van der Waals surface area contributed by atoms with Crippen LogP contribution in [-0.4, -0.2) is 50.9 Å². The molecule has 3 N–H and O–H groups in total. The predicted molar refractivity (Wildman–Crippen MR) is 111 cm³/mol.